The van der Waals surface area contributed by atoms with Crippen LogP contribution in [-0.4, -0.2) is 52.3 Å². The molecule has 0 N–H and O–H groups in total. The Bertz CT molecular complexity index is 594. The lowest BCUT2D eigenvalue weighted by Crippen LogP contribution is -2.55. The van der Waals surface area contributed by atoms with E-state index in [1.54, 1.807) is 4.90 Å². The van der Waals surface area contributed by atoms with Crippen molar-refractivity contribution in [3.05, 3.63) is 28.0 Å². The third-order valence-electron chi connectivity index (χ3n) is 3.61. The zero-order valence-corrected chi connectivity index (χ0v) is 11.9. The van der Waals surface area contributed by atoms with Crippen molar-refractivity contribution in [3.63, 3.8) is 0 Å². The van der Waals surface area contributed by atoms with Gasteiger partial charge in [-0.25, -0.2) is 0 Å². The average Bonchev–Trinajstić information content (AvgIpc) is 2.96. The number of amides is 1. The number of rotatable bonds is 3. The number of piperazine rings is 1. The quantitative estimate of drug-likeness (QED) is 0.613. The van der Waals surface area contributed by atoms with Crippen molar-refractivity contribution in [1.29, 1.82) is 5.26 Å². The summed E-state index contributed by atoms with van der Waals surface area (Å²) in [5, 5.41) is 19.7. The molecule has 1 aliphatic heterocycles. The normalized spacial score (nSPS) is 16.5. The van der Waals surface area contributed by atoms with E-state index < -0.39 is 16.3 Å². The van der Waals surface area contributed by atoms with Crippen LogP contribution in [-0.2, 0) is 0 Å². The van der Waals surface area contributed by atoms with Gasteiger partial charge in [-0.2, -0.15) is 5.26 Å². The summed E-state index contributed by atoms with van der Waals surface area (Å²) in [6.07, 6.45) is 0. The zero-order chi connectivity index (χ0) is 15.6. The smallest absolute Gasteiger partial charge is 0.395 e. The number of nitrogens with zero attached hydrogens (tertiary/aromatic N) is 4. The van der Waals surface area contributed by atoms with Gasteiger partial charge in [0.25, 0.3) is 5.91 Å². The Balaban J connectivity index is 2.00. The third-order valence-corrected chi connectivity index (χ3v) is 3.61. The number of nitro groups is 1. The van der Waals surface area contributed by atoms with E-state index in [0.29, 0.717) is 26.2 Å². The van der Waals surface area contributed by atoms with Gasteiger partial charge in [0.05, 0.1) is 12.1 Å². The minimum absolute atomic E-state index is 0.0327. The number of carbonyl (C=O) groups excluding carboxylic acids is 1. The maximum atomic E-state index is 12.2. The van der Waals surface area contributed by atoms with Gasteiger partial charge in [-0.15, -0.1) is 0 Å². The number of hydrogen-bond donors (Lipinski definition) is 0. The molecular formula is C13H16N4O4. The average molecular weight is 292 g/mol. The molecule has 112 valence electrons. The van der Waals surface area contributed by atoms with Crippen LogP contribution in [0.2, 0.25) is 0 Å². The Morgan fingerprint density at radius 3 is 2.48 bits per heavy atom. The molecular weight excluding hydrogens is 276 g/mol. The molecule has 0 spiro atoms. The maximum absolute atomic E-state index is 12.2. The van der Waals surface area contributed by atoms with Crippen molar-refractivity contribution in [2.75, 3.05) is 26.2 Å². The third kappa shape index (κ3) is 3.03. The van der Waals surface area contributed by atoms with Gasteiger partial charge in [0, 0.05) is 26.2 Å². The largest absolute Gasteiger partial charge is 0.433 e. The first-order valence-electron chi connectivity index (χ1n) is 6.55. The minimum atomic E-state index is -0.676. The summed E-state index contributed by atoms with van der Waals surface area (Å²) in [6, 6.07) is 4.71. The molecule has 2 heterocycles. The fourth-order valence-corrected chi connectivity index (χ4v) is 2.24. The van der Waals surface area contributed by atoms with Crippen molar-refractivity contribution in [2.24, 2.45) is 0 Å². The van der Waals surface area contributed by atoms with Gasteiger partial charge in [0.15, 0.2) is 5.76 Å². The predicted octanol–water partition coefficient (Wildman–Crippen LogP) is 1.25. The molecule has 1 saturated heterocycles. The summed E-state index contributed by atoms with van der Waals surface area (Å²) in [6.45, 7) is 5.74. The minimum Gasteiger partial charge on any atom is -0.395 e. The Labute approximate surface area is 121 Å². The van der Waals surface area contributed by atoms with Crippen molar-refractivity contribution in [2.45, 2.75) is 19.4 Å². The van der Waals surface area contributed by atoms with Crippen LogP contribution in [0.1, 0.15) is 24.4 Å². The summed E-state index contributed by atoms with van der Waals surface area (Å²) in [4.78, 5) is 25.6. The van der Waals surface area contributed by atoms with E-state index in [0.717, 1.165) is 0 Å². The Hall–Kier alpha value is -2.40. The Morgan fingerprint density at radius 1 is 1.38 bits per heavy atom. The van der Waals surface area contributed by atoms with Crippen LogP contribution in [0.4, 0.5) is 5.88 Å². The predicted molar refractivity (Wildman–Crippen MR) is 72.5 cm³/mol. The molecule has 1 fully saturated rings. The van der Waals surface area contributed by atoms with E-state index in [9.17, 15) is 14.9 Å². The van der Waals surface area contributed by atoms with E-state index in [1.807, 2.05) is 18.7 Å². The lowest BCUT2D eigenvalue weighted by Gasteiger charge is -2.40. The highest BCUT2D eigenvalue weighted by atomic mass is 16.6. The molecule has 0 aromatic carbocycles. The topological polar surface area (TPSA) is 104 Å². The summed E-state index contributed by atoms with van der Waals surface area (Å²) in [5.74, 6) is -0.838. The van der Waals surface area contributed by atoms with Crippen LogP contribution in [0.5, 0.6) is 0 Å². The Kier molecular flexibility index (Phi) is 3.95. The highest BCUT2D eigenvalue weighted by molar-refractivity contribution is 5.91. The van der Waals surface area contributed by atoms with Gasteiger partial charge < -0.3 is 9.32 Å². The molecule has 2 rings (SSSR count). The highest BCUT2D eigenvalue weighted by Gasteiger charge is 2.32. The summed E-state index contributed by atoms with van der Waals surface area (Å²) in [7, 11) is 0. The molecule has 8 heteroatoms. The second-order valence-corrected chi connectivity index (χ2v) is 5.35. The van der Waals surface area contributed by atoms with Crippen LogP contribution in [0.3, 0.4) is 0 Å². The van der Waals surface area contributed by atoms with Crippen LogP contribution < -0.4 is 0 Å². The van der Waals surface area contributed by atoms with E-state index in [4.69, 9.17) is 9.68 Å². The van der Waals surface area contributed by atoms with Gasteiger partial charge in [-0.3, -0.25) is 19.8 Å². The first kappa shape index (κ1) is 15.0. The maximum Gasteiger partial charge on any atom is 0.433 e. The molecule has 21 heavy (non-hydrogen) atoms. The van der Waals surface area contributed by atoms with E-state index in [-0.39, 0.29) is 11.7 Å². The van der Waals surface area contributed by atoms with Gasteiger partial charge in [-0.05, 0) is 19.9 Å². The van der Waals surface area contributed by atoms with Crippen LogP contribution >= 0.6 is 0 Å². The molecule has 0 unspecified atom stereocenters. The number of furan rings is 1. The molecule has 0 bridgehead atoms. The fourth-order valence-electron chi connectivity index (χ4n) is 2.24. The lowest BCUT2D eigenvalue weighted by atomic mass is 10.0. The van der Waals surface area contributed by atoms with E-state index in [2.05, 4.69) is 6.07 Å². The van der Waals surface area contributed by atoms with Gasteiger partial charge in [-0.1, -0.05) is 0 Å². The number of hydrogen-bond acceptors (Lipinski definition) is 6. The second kappa shape index (κ2) is 5.54. The molecule has 1 amide bonds. The van der Waals surface area contributed by atoms with Crippen molar-refractivity contribution < 1.29 is 14.1 Å². The Morgan fingerprint density at radius 2 is 2.00 bits per heavy atom. The van der Waals surface area contributed by atoms with Crippen LogP contribution in [0, 0.1) is 21.4 Å². The number of nitriles is 1. The lowest BCUT2D eigenvalue weighted by molar-refractivity contribution is -0.402. The van der Waals surface area contributed by atoms with Crippen LogP contribution in [0.15, 0.2) is 16.5 Å². The molecule has 8 nitrogen and oxygen atoms in total. The standard InChI is InChI=1S/C13H16N4O4/c1-13(2,9-14)16-7-5-15(6-8-16)12(18)10-3-4-11(21-10)17(19)20/h3-4H,5-8H2,1-2H3. The van der Waals surface area contributed by atoms with Gasteiger partial charge in [0.2, 0.25) is 0 Å². The van der Waals surface area contributed by atoms with Crippen molar-refractivity contribution in [1.82, 2.24) is 9.80 Å². The first-order chi connectivity index (χ1) is 9.85. The summed E-state index contributed by atoms with van der Waals surface area (Å²) < 4.78 is 4.92. The van der Waals surface area contributed by atoms with Crippen LogP contribution in [0.25, 0.3) is 0 Å². The van der Waals surface area contributed by atoms with Gasteiger partial charge >= 0.3 is 5.88 Å². The molecule has 1 aliphatic rings. The van der Waals surface area contributed by atoms with E-state index >= 15 is 0 Å². The highest BCUT2D eigenvalue weighted by Crippen LogP contribution is 2.20. The first-order valence-corrected chi connectivity index (χ1v) is 6.55. The van der Waals surface area contributed by atoms with Crippen molar-refractivity contribution in [3.8, 4) is 6.07 Å². The second-order valence-electron chi connectivity index (χ2n) is 5.35. The molecule has 0 atom stereocenters. The molecule has 0 saturated carbocycles. The van der Waals surface area contributed by atoms with Crippen molar-refractivity contribution >= 4 is 11.8 Å². The molecule has 1 aromatic rings. The van der Waals surface area contributed by atoms with E-state index in [1.165, 1.54) is 12.1 Å². The zero-order valence-electron chi connectivity index (χ0n) is 11.9. The van der Waals surface area contributed by atoms with Gasteiger partial charge in [0.1, 0.15) is 10.5 Å². The molecule has 1 aromatic heterocycles. The SMILES string of the molecule is CC(C)(C#N)N1CCN(C(=O)c2ccc([N+](=O)[O-])o2)CC1. The molecule has 0 aliphatic carbocycles. The molecule has 0 radical (unpaired) electrons. The fraction of sp³-hybridized carbons (Fsp3) is 0.538. The summed E-state index contributed by atoms with van der Waals surface area (Å²) >= 11 is 0. The summed E-state index contributed by atoms with van der Waals surface area (Å²) in [5.41, 5.74) is -0.571. The number of carbonyl (C=O) groups is 1. The monoisotopic (exact) mass is 292 g/mol.